The van der Waals surface area contributed by atoms with E-state index in [4.69, 9.17) is 19.1 Å². The Labute approximate surface area is 323 Å². The molecule has 0 bridgehead atoms. The zero-order valence-electron chi connectivity index (χ0n) is 30.2. The molecule has 2 unspecified atom stereocenters. The van der Waals surface area contributed by atoms with E-state index in [0.717, 1.165) is 32.7 Å². The van der Waals surface area contributed by atoms with Crippen molar-refractivity contribution in [3.63, 3.8) is 0 Å². The molecule has 2 aromatic carbocycles. The highest BCUT2D eigenvalue weighted by Gasteiger charge is 2.22. The third-order valence-electron chi connectivity index (χ3n) is 8.05. The van der Waals surface area contributed by atoms with Gasteiger partial charge in [0.15, 0.2) is 11.7 Å². The lowest BCUT2D eigenvalue weighted by Crippen LogP contribution is -2.33. The van der Waals surface area contributed by atoms with E-state index in [1.165, 1.54) is 24.3 Å². The van der Waals surface area contributed by atoms with Crippen molar-refractivity contribution in [2.75, 3.05) is 27.4 Å². The molecule has 2 aliphatic rings. The number of hydrogen-bond donors (Lipinski definition) is 3. The average molecular weight is 816 g/mol. The van der Waals surface area contributed by atoms with Gasteiger partial charge in [-0.2, -0.15) is 0 Å². The highest BCUT2D eigenvalue weighted by Crippen LogP contribution is 2.26. The molecule has 0 saturated carbocycles. The Morgan fingerprint density at radius 1 is 0.745 bits per heavy atom. The van der Waals surface area contributed by atoms with Crippen LogP contribution in [0.4, 0.5) is 8.78 Å². The number of amidine groups is 2. The van der Waals surface area contributed by atoms with E-state index in [1.54, 1.807) is 63.4 Å². The standard InChI is InChI=1S/C19H18FN5O2.C15H13BrFN3O2.C4H6N2/c1-12-9-25(11-21-12)17-8-7-15(23-19(17)26-2)18-22-16(10-27-24-18)13-3-5-14(20)6-4-13;1-21-15-11(16)6-7-12(19-15)14-18-13(8-22-20-14)9-2-4-10(17)5-3-9;1-4-2-5-3-6-4/h3-9,11,16H,10H2,1-2H3,(H,22,24);2-7,13H,8H2,1H3,(H,18,20);2-3H,1H3,(H,5,6). The maximum Gasteiger partial charge on any atom is 0.238 e. The molecule has 284 valence electrons. The van der Waals surface area contributed by atoms with Gasteiger partial charge < -0.3 is 19.0 Å². The Balaban J connectivity index is 0.000000165. The SMILES string of the molecule is COc1nc(C2=NC(c3ccc(F)cc3)CON2)ccc1-n1cnc(C)c1.COc1nc(C2=NC(c3ccc(F)cc3)CON2)ccc1Br.Cc1cnc[nH]1. The Bertz CT molecular complexity index is 2230. The van der Waals surface area contributed by atoms with Gasteiger partial charge in [0.1, 0.15) is 54.0 Å². The molecular weight excluding hydrogens is 778 g/mol. The molecule has 8 rings (SSSR count). The summed E-state index contributed by atoms with van der Waals surface area (Å²) in [5.74, 6) is 1.34. The number of methoxy groups -OCH3 is 2. The molecule has 6 aromatic rings. The van der Waals surface area contributed by atoms with Gasteiger partial charge in [-0.05, 0) is 89.4 Å². The molecule has 0 saturated heterocycles. The van der Waals surface area contributed by atoms with Crippen LogP contribution in [0.3, 0.4) is 0 Å². The quantitative estimate of drug-likeness (QED) is 0.163. The van der Waals surface area contributed by atoms with Gasteiger partial charge in [-0.15, -0.1) is 0 Å². The van der Waals surface area contributed by atoms with Crippen LogP contribution >= 0.6 is 15.9 Å². The van der Waals surface area contributed by atoms with Crippen LogP contribution in [0.15, 0.2) is 112 Å². The molecule has 0 amide bonds. The summed E-state index contributed by atoms with van der Waals surface area (Å²) < 4.78 is 39.4. The highest BCUT2D eigenvalue weighted by molar-refractivity contribution is 9.10. The number of H-pyrrole nitrogens is 1. The van der Waals surface area contributed by atoms with Crippen molar-refractivity contribution in [1.82, 2.24) is 40.4 Å². The first-order valence-corrected chi connectivity index (χ1v) is 17.6. The van der Waals surface area contributed by atoms with Crippen molar-refractivity contribution in [1.29, 1.82) is 0 Å². The van der Waals surface area contributed by atoms with Crippen molar-refractivity contribution >= 4 is 27.6 Å². The summed E-state index contributed by atoms with van der Waals surface area (Å²) in [6.45, 7) is 4.59. The fourth-order valence-corrected chi connectivity index (χ4v) is 5.64. The maximum atomic E-state index is 13.1. The van der Waals surface area contributed by atoms with E-state index >= 15 is 0 Å². The number of aromatic amines is 1. The van der Waals surface area contributed by atoms with Crippen LogP contribution in [-0.2, 0) is 9.68 Å². The van der Waals surface area contributed by atoms with Crippen molar-refractivity contribution in [2.45, 2.75) is 25.9 Å². The molecule has 17 heteroatoms. The second-order valence-electron chi connectivity index (χ2n) is 12.0. The monoisotopic (exact) mass is 814 g/mol. The number of hydrogen-bond acceptors (Lipinski definition) is 12. The van der Waals surface area contributed by atoms with Crippen molar-refractivity contribution in [3.05, 3.63) is 148 Å². The van der Waals surface area contributed by atoms with Crippen molar-refractivity contribution < 1.29 is 27.9 Å². The van der Waals surface area contributed by atoms with Gasteiger partial charge in [-0.25, -0.2) is 39.7 Å². The lowest BCUT2D eigenvalue weighted by Gasteiger charge is -2.22. The summed E-state index contributed by atoms with van der Waals surface area (Å²) in [4.78, 5) is 39.8. The fourth-order valence-electron chi connectivity index (χ4n) is 5.25. The number of nitrogens with one attached hydrogen (secondary N) is 3. The third kappa shape index (κ3) is 10.1. The first-order chi connectivity index (χ1) is 26.7. The molecule has 0 spiro atoms. The maximum absolute atomic E-state index is 13.1. The van der Waals surface area contributed by atoms with Gasteiger partial charge in [0.25, 0.3) is 0 Å². The van der Waals surface area contributed by atoms with Gasteiger partial charge in [-0.1, -0.05) is 24.3 Å². The molecule has 3 N–H and O–H groups in total. The normalized spacial score (nSPS) is 16.1. The number of benzene rings is 2. The van der Waals surface area contributed by atoms with E-state index in [1.807, 2.05) is 42.8 Å². The first kappa shape index (κ1) is 38.7. The molecule has 4 aromatic heterocycles. The highest BCUT2D eigenvalue weighted by atomic mass is 79.9. The second kappa shape index (κ2) is 18.3. The number of aromatic nitrogens is 6. The Kier molecular flexibility index (Phi) is 12.9. The lowest BCUT2D eigenvalue weighted by molar-refractivity contribution is 0.0620. The molecule has 2 atom stereocenters. The number of rotatable bonds is 7. The fraction of sp³-hybridized carbons (Fsp3) is 0.211. The molecule has 6 heterocycles. The minimum Gasteiger partial charge on any atom is -0.480 e. The molecule has 2 aliphatic heterocycles. The topological polar surface area (TPSA) is 158 Å². The number of aliphatic imine (C=N–C) groups is 2. The van der Waals surface area contributed by atoms with E-state index in [-0.39, 0.29) is 23.7 Å². The Morgan fingerprint density at radius 3 is 1.75 bits per heavy atom. The summed E-state index contributed by atoms with van der Waals surface area (Å²) in [7, 11) is 3.11. The van der Waals surface area contributed by atoms with Crippen LogP contribution in [0.1, 0.15) is 46.0 Å². The molecule has 14 nitrogen and oxygen atoms in total. The summed E-state index contributed by atoms with van der Waals surface area (Å²) >= 11 is 3.36. The number of nitrogens with zero attached hydrogens (tertiary/aromatic N) is 7. The van der Waals surface area contributed by atoms with Gasteiger partial charge in [0.2, 0.25) is 11.8 Å². The first-order valence-electron chi connectivity index (χ1n) is 16.8. The van der Waals surface area contributed by atoms with Gasteiger partial charge in [0.05, 0.1) is 37.0 Å². The number of pyridine rings is 2. The average Bonchev–Trinajstić information content (AvgIpc) is 3.89. The van der Waals surface area contributed by atoms with Crippen LogP contribution in [0.2, 0.25) is 0 Å². The summed E-state index contributed by atoms with van der Waals surface area (Å²) in [5.41, 5.74) is 11.3. The number of imidazole rings is 2. The van der Waals surface area contributed by atoms with E-state index < -0.39 is 0 Å². The van der Waals surface area contributed by atoms with E-state index in [9.17, 15) is 8.78 Å². The zero-order chi connectivity index (χ0) is 38.7. The second-order valence-corrected chi connectivity index (χ2v) is 12.8. The molecule has 55 heavy (non-hydrogen) atoms. The molecule has 0 aliphatic carbocycles. The summed E-state index contributed by atoms with van der Waals surface area (Å²) in [6.07, 6.45) is 7.04. The van der Waals surface area contributed by atoms with Gasteiger partial charge in [-0.3, -0.25) is 19.7 Å². The number of hydroxylamine groups is 2. The number of aryl methyl sites for hydroxylation is 2. The van der Waals surface area contributed by atoms with Crippen LogP contribution in [0.25, 0.3) is 5.69 Å². The molecule has 0 fully saturated rings. The van der Waals surface area contributed by atoms with Gasteiger partial charge >= 0.3 is 0 Å². The third-order valence-corrected chi connectivity index (χ3v) is 8.65. The summed E-state index contributed by atoms with van der Waals surface area (Å²) in [6, 6.07) is 19.3. The zero-order valence-corrected chi connectivity index (χ0v) is 31.8. The minimum atomic E-state index is -0.283. The Hall–Kier alpha value is -6.04. The van der Waals surface area contributed by atoms with Gasteiger partial charge in [0, 0.05) is 18.1 Å². The summed E-state index contributed by atoms with van der Waals surface area (Å²) in [5, 5.41) is 0. The molecular formula is C38H37BrF2N10O4. The predicted octanol–water partition coefficient (Wildman–Crippen LogP) is 6.48. The predicted molar refractivity (Wildman–Crippen MR) is 204 cm³/mol. The van der Waals surface area contributed by atoms with Crippen LogP contribution < -0.4 is 20.4 Å². The largest absolute Gasteiger partial charge is 0.480 e. The minimum absolute atomic E-state index is 0.215. The Morgan fingerprint density at radius 2 is 1.29 bits per heavy atom. The van der Waals surface area contributed by atoms with E-state index in [2.05, 4.69) is 61.8 Å². The van der Waals surface area contributed by atoms with Crippen LogP contribution in [0.5, 0.6) is 11.8 Å². The number of ether oxygens (including phenoxy) is 2. The molecule has 0 radical (unpaired) electrons. The van der Waals surface area contributed by atoms with Crippen molar-refractivity contribution in [3.8, 4) is 17.4 Å². The van der Waals surface area contributed by atoms with Crippen molar-refractivity contribution in [2.24, 2.45) is 9.98 Å². The number of halogens is 3. The van der Waals surface area contributed by atoms with Crippen LogP contribution in [-0.4, -0.2) is 68.6 Å². The lowest BCUT2D eigenvalue weighted by atomic mass is 10.1. The van der Waals surface area contributed by atoms with E-state index in [0.29, 0.717) is 48.0 Å². The smallest absolute Gasteiger partial charge is 0.238 e. The van der Waals surface area contributed by atoms with Crippen LogP contribution in [0, 0.1) is 25.5 Å².